The topological polar surface area (TPSA) is 78.4 Å². The van der Waals surface area contributed by atoms with E-state index in [1.807, 2.05) is 22.6 Å². The quantitative estimate of drug-likeness (QED) is 0.715. The second kappa shape index (κ2) is 6.65. The third-order valence-electron chi connectivity index (χ3n) is 1.80. The van der Waals surface area contributed by atoms with Gasteiger partial charge in [-0.3, -0.25) is 4.79 Å². The Morgan fingerprint density at radius 2 is 2.12 bits per heavy atom. The van der Waals surface area contributed by atoms with Crippen molar-refractivity contribution in [3.8, 4) is 0 Å². The Balaban J connectivity index is 2.48. The maximum absolute atomic E-state index is 11.4. The van der Waals surface area contributed by atoms with Crippen LogP contribution in [-0.4, -0.2) is 23.7 Å². The van der Waals surface area contributed by atoms with Gasteiger partial charge in [0.15, 0.2) is 0 Å². The molecule has 0 bridgehead atoms. The van der Waals surface area contributed by atoms with E-state index in [2.05, 4.69) is 10.6 Å². The van der Waals surface area contributed by atoms with E-state index in [1.54, 1.807) is 18.2 Å². The van der Waals surface area contributed by atoms with Crippen molar-refractivity contribution in [2.24, 2.45) is 0 Å². The molecule has 0 saturated heterocycles. The van der Waals surface area contributed by atoms with Crippen LogP contribution in [0, 0.1) is 3.57 Å². The molecule has 0 unspecified atom stereocenters. The van der Waals surface area contributed by atoms with Crippen LogP contribution in [0.4, 0.5) is 10.5 Å². The number of amides is 2. The summed E-state index contributed by atoms with van der Waals surface area (Å²) in [5.74, 6) is -0.952. The Morgan fingerprint density at radius 3 is 2.71 bits per heavy atom. The number of carboxylic acid groups (broad SMARTS) is 1. The fourth-order valence-electron chi connectivity index (χ4n) is 1.04. The smallest absolute Gasteiger partial charge is 0.319 e. The summed E-state index contributed by atoms with van der Waals surface area (Å²) >= 11 is 7.82. The van der Waals surface area contributed by atoms with Gasteiger partial charge in [-0.05, 0) is 40.8 Å². The first-order valence-electron chi connectivity index (χ1n) is 4.70. The molecule has 0 radical (unpaired) electrons. The van der Waals surface area contributed by atoms with Gasteiger partial charge in [0.1, 0.15) is 0 Å². The van der Waals surface area contributed by atoms with Crippen LogP contribution in [-0.2, 0) is 4.79 Å². The molecule has 17 heavy (non-hydrogen) atoms. The number of nitrogens with one attached hydrogen (secondary N) is 2. The number of carbonyl (C=O) groups is 2. The molecule has 0 aliphatic heterocycles. The second-order valence-electron chi connectivity index (χ2n) is 3.15. The van der Waals surface area contributed by atoms with Crippen LogP contribution in [0.15, 0.2) is 18.2 Å². The predicted octanol–water partition coefficient (Wildman–Crippen LogP) is 2.54. The summed E-state index contributed by atoms with van der Waals surface area (Å²) in [6.07, 6.45) is -0.106. The van der Waals surface area contributed by atoms with Crippen LogP contribution in [0.1, 0.15) is 6.42 Å². The van der Waals surface area contributed by atoms with Crippen LogP contribution in [0.3, 0.4) is 0 Å². The lowest BCUT2D eigenvalue weighted by Crippen LogP contribution is -2.30. The summed E-state index contributed by atoms with van der Waals surface area (Å²) in [4.78, 5) is 21.6. The number of halogens is 2. The lowest BCUT2D eigenvalue weighted by molar-refractivity contribution is -0.136. The van der Waals surface area contributed by atoms with Gasteiger partial charge in [0, 0.05) is 15.1 Å². The molecule has 3 N–H and O–H groups in total. The number of anilines is 1. The molecular weight excluding hydrogens is 358 g/mol. The van der Waals surface area contributed by atoms with E-state index < -0.39 is 12.0 Å². The first kappa shape index (κ1) is 14.0. The molecule has 1 aromatic carbocycles. The minimum Gasteiger partial charge on any atom is -0.481 e. The van der Waals surface area contributed by atoms with Crippen molar-refractivity contribution in [3.05, 3.63) is 26.8 Å². The molecule has 0 atom stereocenters. The van der Waals surface area contributed by atoms with Gasteiger partial charge in [-0.15, -0.1) is 0 Å². The molecule has 0 heterocycles. The number of carbonyl (C=O) groups excluding carboxylic acids is 1. The number of hydrogen-bond acceptors (Lipinski definition) is 2. The van der Waals surface area contributed by atoms with Gasteiger partial charge in [-0.2, -0.15) is 0 Å². The van der Waals surface area contributed by atoms with Crippen molar-refractivity contribution in [2.45, 2.75) is 6.42 Å². The Hall–Kier alpha value is -1.02. The van der Waals surface area contributed by atoms with Crippen LogP contribution < -0.4 is 10.6 Å². The molecule has 92 valence electrons. The van der Waals surface area contributed by atoms with E-state index in [9.17, 15) is 9.59 Å². The Bertz CT molecular complexity index is 440. The SMILES string of the molecule is O=C(O)CCNC(=O)Nc1ccc(Cl)cc1I. The van der Waals surface area contributed by atoms with Crippen molar-refractivity contribution in [1.29, 1.82) is 0 Å². The van der Waals surface area contributed by atoms with Gasteiger partial charge in [0.2, 0.25) is 0 Å². The maximum Gasteiger partial charge on any atom is 0.319 e. The lowest BCUT2D eigenvalue weighted by atomic mass is 10.3. The monoisotopic (exact) mass is 368 g/mol. The molecular formula is C10H10ClIN2O3. The van der Waals surface area contributed by atoms with E-state index in [0.717, 1.165) is 3.57 Å². The van der Waals surface area contributed by atoms with Gasteiger partial charge in [0.25, 0.3) is 0 Å². The number of urea groups is 1. The van der Waals surface area contributed by atoms with E-state index in [-0.39, 0.29) is 13.0 Å². The molecule has 7 heteroatoms. The third-order valence-corrected chi connectivity index (χ3v) is 2.93. The number of aliphatic carboxylic acids is 1. The van der Waals surface area contributed by atoms with Crippen molar-refractivity contribution in [2.75, 3.05) is 11.9 Å². The van der Waals surface area contributed by atoms with Crippen LogP contribution in [0.2, 0.25) is 5.02 Å². The average Bonchev–Trinajstić information content (AvgIpc) is 2.21. The van der Waals surface area contributed by atoms with Crippen LogP contribution in [0.25, 0.3) is 0 Å². The largest absolute Gasteiger partial charge is 0.481 e. The highest BCUT2D eigenvalue weighted by atomic mass is 127. The van der Waals surface area contributed by atoms with Crippen LogP contribution >= 0.6 is 34.2 Å². The summed E-state index contributed by atoms with van der Waals surface area (Å²) in [7, 11) is 0. The van der Waals surface area contributed by atoms with Gasteiger partial charge in [-0.25, -0.2) is 4.79 Å². The van der Waals surface area contributed by atoms with E-state index >= 15 is 0 Å². The van der Waals surface area contributed by atoms with E-state index in [1.165, 1.54) is 0 Å². The van der Waals surface area contributed by atoms with Gasteiger partial charge >= 0.3 is 12.0 Å². The maximum atomic E-state index is 11.4. The molecule has 0 fully saturated rings. The molecule has 0 saturated carbocycles. The second-order valence-corrected chi connectivity index (χ2v) is 4.75. The molecule has 1 rings (SSSR count). The highest BCUT2D eigenvalue weighted by molar-refractivity contribution is 14.1. The molecule has 1 aromatic rings. The third kappa shape index (κ3) is 5.22. The number of hydrogen-bond donors (Lipinski definition) is 3. The minimum atomic E-state index is -0.952. The van der Waals surface area contributed by atoms with E-state index in [4.69, 9.17) is 16.7 Å². The van der Waals surface area contributed by atoms with Crippen molar-refractivity contribution >= 4 is 51.9 Å². The summed E-state index contributed by atoms with van der Waals surface area (Å²) in [5, 5.41) is 14.0. The molecule has 5 nitrogen and oxygen atoms in total. The molecule has 0 aliphatic rings. The van der Waals surface area contributed by atoms with Crippen molar-refractivity contribution < 1.29 is 14.7 Å². The highest BCUT2D eigenvalue weighted by Gasteiger charge is 2.05. The van der Waals surface area contributed by atoms with Gasteiger partial charge < -0.3 is 15.7 Å². The zero-order valence-electron chi connectivity index (χ0n) is 8.67. The predicted molar refractivity (Wildman–Crippen MR) is 73.4 cm³/mol. The van der Waals surface area contributed by atoms with Gasteiger partial charge in [-0.1, -0.05) is 11.6 Å². The molecule has 0 aliphatic carbocycles. The highest BCUT2D eigenvalue weighted by Crippen LogP contribution is 2.21. The first-order chi connectivity index (χ1) is 7.99. The number of rotatable bonds is 4. The first-order valence-corrected chi connectivity index (χ1v) is 6.16. The minimum absolute atomic E-state index is 0.0886. The van der Waals surface area contributed by atoms with Crippen molar-refractivity contribution in [1.82, 2.24) is 5.32 Å². The average molecular weight is 369 g/mol. The summed E-state index contributed by atoms with van der Waals surface area (Å²) < 4.78 is 0.809. The number of benzene rings is 1. The molecule has 0 spiro atoms. The lowest BCUT2D eigenvalue weighted by Gasteiger charge is -2.08. The van der Waals surface area contributed by atoms with Gasteiger partial charge in [0.05, 0.1) is 12.1 Å². The zero-order chi connectivity index (χ0) is 12.8. The molecule has 0 aromatic heterocycles. The van der Waals surface area contributed by atoms with Crippen molar-refractivity contribution in [3.63, 3.8) is 0 Å². The summed E-state index contributed by atoms with van der Waals surface area (Å²) in [6.45, 7) is 0.0886. The van der Waals surface area contributed by atoms with Crippen LogP contribution in [0.5, 0.6) is 0 Å². The summed E-state index contributed by atoms with van der Waals surface area (Å²) in [6, 6.07) is 4.62. The summed E-state index contributed by atoms with van der Waals surface area (Å²) in [5.41, 5.74) is 0.628. The standard InChI is InChI=1S/C10H10ClIN2O3/c11-6-1-2-8(7(12)5-6)14-10(17)13-4-3-9(15)16/h1-2,5H,3-4H2,(H,15,16)(H2,13,14,17). The fraction of sp³-hybridized carbons (Fsp3) is 0.200. The Labute approximate surface area is 117 Å². The Morgan fingerprint density at radius 1 is 1.41 bits per heavy atom. The molecule has 2 amide bonds. The fourth-order valence-corrected chi connectivity index (χ4v) is 2.05. The Kier molecular flexibility index (Phi) is 5.49. The zero-order valence-corrected chi connectivity index (χ0v) is 11.6. The normalized spacial score (nSPS) is 9.76. The van der Waals surface area contributed by atoms with E-state index in [0.29, 0.717) is 10.7 Å². The number of carboxylic acids is 1.